The number of aromatic nitrogens is 3. The molecule has 0 atom stereocenters. The van der Waals surface area contributed by atoms with Gasteiger partial charge in [0.15, 0.2) is 5.65 Å². The van der Waals surface area contributed by atoms with Gasteiger partial charge in [-0.1, -0.05) is 60.1 Å². The maximum atomic E-state index is 12.7. The van der Waals surface area contributed by atoms with Crippen LogP contribution in [0.5, 0.6) is 0 Å². The van der Waals surface area contributed by atoms with Crippen LogP contribution in [0.25, 0.3) is 16.9 Å². The fraction of sp³-hybridized carbons (Fsp3) is 0.0741. The number of benzene rings is 3. The van der Waals surface area contributed by atoms with Crippen LogP contribution >= 0.6 is 11.6 Å². The van der Waals surface area contributed by atoms with Gasteiger partial charge in [0.2, 0.25) is 0 Å². The number of carbonyl (C=O) groups excluding carboxylic acids is 1. The average molecular weight is 468 g/mol. The summed E-state index contributed by atoms with van der Waals surface area (Å²) >= 11 is 6.08. The van der Waals surface area contributed by atoms with Gasteiger partial charge in [0.05, 0.1) is 6.20 Å². The third-order valence-electron chi connectivity index (χ3n) is 5.48. The lowest BCUT2D eigenvalue weighted by Crippen LogP contribution is -2.25. The Morgan fingerprint density at radius 1 is 0.971 bits per heavy atom. The van der Waals surface area contributed by atoms with E-state index in [1.807, 2.05) is 77.3 Å². The van der Waals surface area contributed by atoms with E-state index in [4.69, 9.17) is 16.6 Å². The third kappa shape index (κ3) is 4.77. The standard InChI is InChI=1S/C27H22ClN5O/c28-22-11-9-20(10-12-22)25-26(33-16-15-29-18-24(33)32-25)31-23-8-4-7-21(17-23)27(34)30-14-13-19-5-2-1-3-6-19/h1-12,15-18,31H,13-14H2,(H,30,34). The molecule has 3 aromatic carbocycles. The van der Waals surface area contributed by atoms with Gasteiger partial charge in [-0.15, -0.1) is 0 Å². The van der Waals surface area contributed by atoms with E-state index >= 15 is 0 Å². The minimum absolute atomic E-state index is 0.111. The van der Waals surface area contributed by atoms with E-state index in [1.54, 1.807) is 12.4 Å². The summed E-state index contributed by atoms with van der Waals surface area (Å²) in [6.07, 6.45) is 6.05. The van der Waals surface area contributed by atoms with Gasteiger partial charge in [-0.3, -0.25) is 14.2 Å². The summed E-state index contributed by atoms with van der Waals surface area (Å²) in [6, 6.07) is 25.1. The average Bonchev–Trinajstić information content (AvgIpc) is 3.23. The van der Waals surface area contributed by atoms with Crippen LogP contribution in [-0.2, 0) is 6.42 Å². The van der Waals surface area contributed by atoms with Crippen molar-refractivity contribution in [3.8, 4) is 11.3 Å². The Kier molecular flexibility index (Phi) is 6.23. The first-order valence-electron chi connectivity index (χ1n) is 10.9. The number of carbonyl (C=O) groups is 1. The highest BCUT2D eigenvalue weighted by atomic mass is 35.5. The number of halogens is 1. The summed E-state index contributed by atoms with van der Waals surface area (Å²) in [5.41, 5.74) is 4.96. The Morgan fingerprint density at radius 2 is 1.79 bits per heavy atom. The van der Waals surface area contributed by atoms with Crippen molar-refractivity contribution in [2.45, 2.75) is 6.42 Å². The Labute approximate surface area is 202 Å². The van der Waals surface area contributed by atoms with Crippen molar-refractivity contribution in [3.63, 3.8) is 0 Å². The fourth-order valence-electron chi connectivity index (χ4n) is 3.78. The van der Waals surface area contributed by atoms with E-state index in [0.29, 0.717) is 22.8 Å². The lowest BCUT2D eigenvalue weighted by Gasteiger charge is -2.11. The predicted octanol–water partition coefficient (Wildman–Crippen LogP) is 5.77. The molecule has 1 amide bonds. The SMILES string of the molecule is O=C(NCCc1ccccc1)c1cccc(Nc2c(-c3ccc(Cl)cc3)nc3cnccn23)c1. The molecule has 5 aromatic rings. The molecule has 0 fully saturated rings. The summed E-state index contributed by atoms with van der Waals surface area (Å²) < 4.78 is 1.93. The smallest absolute Gasteiger partial charge is 0.251 e. The van der Waals surface area contributed by atoms with E-state index < -0.39 is 0 Å². The zero-order chi connectivity index (χ0) is 23.3. The van der Waals surface area contributed by atoms with Gasteiger partial charge in [-0.25, -0.2) is 4.98 Å². The van der Waals surface area contributed by atoms with Gasteiger partial charge in [0.25, 0.3) is 5.91 Å². The number of amides is 1. The maximum absolute atomic E-state index is 12.7. The molecule has 168 valence electrons. The number of imidazole rings is 1. The van der Waals surface area contributed by atoms with Crippen molar-refractivity contribution in [3.05, 3.63) is 114 Å². The molecule has 0 spiro atoms. The van der Waals surface area contributed by atoms with Gasteiger partial charge < -0.3 is 10.6 Å². The van der Waals surface area contributed by atoms with Gasteiger partial charge >= 0.3 is 0 Å². The van der Waals surface area contributed by atoms with Crippen molar-refractivity contribution < 1.29 is 4.79 Å². The van der Waals surface area contributed by atoms with E-state index in [2.05, 4.69) is 27.8 Å². The Bertz CT molecular complexity index is 1430. The predicted molar refractivity (Wildman–Crippen MR) is 136 cm³/mol. The van der Waals surface area contributed by atoms with Gasteiger partial charge in [-0.05, 0) is 42.3 Å². The van der Waals surface area contributed by atoms with Gasteiger partial charge in [0.1, 0.15) is 11.5 Å². The van der Waals surface area contributed by atoms with Crippen molar-refractivity contribution in [1.82, 2.24) is 19.7 Å². The molecule has 0 saturated heterocycles. The van der Waals surface area contributed by atoms with Crippen LogP contribution in [-0.4, -0.2) is 26.8 Å². The minimum atomic E-state index is -0.111. The van der Waals surface area contributed by atoms with Crippen LogP contribution in [0.3, 0.4) is 0 Å². The number of hydrogen-bond donors (Lipinski definition) is 2. The monoisotopic (exact) mass is 467 g/mol. The molecule has 0 aliphatic heterocycles. The van der Waals surface area contributed by atoms with Gasteiger partial charge in [-0.2, -0.15) is 0 Å². The van der Waals surface area contributed by atoms with E-state index in [-0.39, 0.29) is 5.91 Å². The molecule has 2 heterocycles. The highest BCUT2D eigenvalue weighted by molar-refractivity contribution is 6.30. The highest BCUT2D eigenvalue weighted by Crippen LogP contribution is 2.31. The number of fused-ring (bicyclic) bond motifs is 1. The lowest BCUT2D eigenvalue weighted by molar-refractivity contribution is 0.0954. The van der Waals surface area contributed by atoms with Crippen molar-refractivity contribution >= 4 is 34.7 Å². The molecule has 7 heteroatoms. The Hall–Kier alpha value is -4.16. The fourth-order valence-corrected chi connectivity index (χ4v) is 3.90. The van der Waals surface area contributed by atoms with Crippen LogP contribution in [0.4, 0.5) is 11.5 Å². The van der Waals surface area contributed by atoms with E-state index in [9.17, 15) is 4.79 Å². The normalized spacial score (nSPS) is 10.9. The van der Waals surface area contributed by atoms with E-state index in [0.717, 1.165) is 29.2 Å². The molecule has 6 nitrogen and oxygen atoms in total. The van der Waals surface area contributed by atoms with Crippen LogP contribution in [0.15, 0.2) is 97.5 Å². The second-order valence-electron chi connectivity index (χ2n) is 7.82. The number of nitrogens with one attached hydrogen (secondary N) is 2. The maximum Gasteiger partial charge on any atom is 0.251 e. The first-order chi connectivity index (χ1) is 16.7. The highest BCUT2D eigenvalue weighted by Gasteiger charge is 2.15. The summed E-state index contributed by atoms with van der Waals surface area (Å²) in [6.45, 7) is 0.571. The van der Waals surface area contributed by atoms with Crippen LogP contribution in [0, 0.1) is 0 Å². The molecule has 0 aliphatic rings. The van der Waals surface area contributed by atoms with E-state index in [1.165, 1.54) is 5.56 Å². The molecule has 2 N–H and O–H groups in total. The summed E-state index contributed by atoms with van der Waals surface area (Å²) in [4.78, 5) is 21.7. The number of nitrogens with zero attached hydrogens (tertiary/aromatic N) is 3. The molecular formula is C27H22ClN5O. The number of anilines is 2. The van der Waals surface area contributed by atoms with Gasteiger partial charge in [0, 0.05) is 40.8 Å². The van der Waals surface area contributed by atoms with Crippen molar-refractivity contribution in [1.29, 1.82) is 0 Å². The topological polar surface area (TPSA) is 71.3 Å². The molecule has 0 saturated carbocycles. The van der Waals surface area contributed by atoms with Crippen LogP contribution < -0.4 is 10.6 Å². The largest absolute Gasteiger partial charge is 0.352 e. The van der Waals surface area contributed by atoms with Crippen LogP contribution in [0.1, 0.15) is 15.9 Å². The molecular weight excluding hydrogens is 446 g/mol. The first-order valence-corrected chi connectivity index (χ1v) is 11.3. The summed E-state index contributed by atoms with van der Waals surface area (Å²) in [7, 11) is 0. The van der Waals surface area contributed by atoms with Crippen LogP contribution in [0.2, 0.25) is 5.02 Å². The molecule has 0 bridgehead atoms. The Morgan fingerprint density at radius 3 is 2.62 bits per heavy atom. The first kappa shape index (κ1) is 21.7. The molecule has 0 radical (unpaired) electrons. The van der Waals surface area contributed by atoms with Crippen molar-refractivity contribution in [2.24, 2.45) is 0 Å². The lowest BCUT2D eigenvalue weighted by atomic mass is 10.1. The zero-order valence-electron chi connectivity index (χ0n) is 18.3. The summed E-state index contributed by atoms with van der Waals surface area (Å²) in [5, 5.41) is 7.11. The molecule has 2 aromatic heterocycles. The second-order valence-corrected chi connectivity index (χ2v) is 8.25. The minimum Gasteiger partial charge on any atom is -0.352 e. The summed E-state index contributed by atoms with van der Waals surface area (Å²) in [5.74, 6) is 0.668. The molecule has 0 aliphatic carbocycles. The molecule has 34 heavy (non-hydrogen) atoms. The second kappa shape index (κ2) is 9.77. The third-order valence-corrected chi connectivity index (χ3v) is 5.73. The Balaban J connectivity index is 1.38. The molecule has 0 unspecified atom stereocenters. The zero-order valence-corrected chi connectivity index (χ0v) is 19.0. The number of hydrogen-bond acceptors (Lipinski definition) is 4. The number of rotatable bonds is 7. The molecule has 5 rings (SSSR count). The quantitative estimate of drug-likeness (QED) is 0.319. The van der Waals surface area contributed by atoms with Crippen molar-refractivity contribution in [2.75, 3.05) is 11.9 Å².